The fraction of sp³-hybridized carbons (Fsp3) is 0.143. The van der Waals surface area contributed by atoms with Crippen molar-refractivity contribution in [2.45, 2.75) is 6.54 Å². The van der Waals surface area contributed by atoms with Crippen LogP contribution in [0.2, 0.25) is 0 Å². The number of halogens is 2. The molecule has 0 atom stereocenters. The zero-order valence-electron chi connectivity index (χ0n) is 6.94. The number of nitrogens with two attached hydrogens (primary N) is 1. The highest BCUT2D eigenvalue weighted by Gasteiger charge is 2.07. The zero-order chi connectivity index (χ0) is 10.1. The second-order valence-electron chi connectivity index (χ2n) is 2.62. The first kappa shape index (κ1) is 10.1. The van der Waals surface area contributed by atoms with Crippen molar-refractivity contribution in [3.63, 3.8) is 0 Å². The van der Waals surface area contributed by atoms with Gasteiger partial charge >= 0.3 is 0 Å². The van der Waals surface area contributed by atoms with Crippen molar-refractivity contribution in [2.75, 3.05) is 5.73 Å². The predicted molar refractivity (Wildman–Crippen MR) is 63.3 cm³/mol. The molecule has 0 amide bonds. The van der Waals surface area contributed by atoms with Gasteiger partial charge in [-0.2, -0.15) is 4.98 Å². The summed E-state index contributed by atoms with van der Waals surface area (Å²) in [5.74, 6) is 0.281. The van der Waals surface area contributed by atoms with Gasteiger partial charge in [0.2, 0.25) is 5.95 Å². The van der Waals surface area contributed by atoms with Gasteiger partial charge in [-0.05, 0) is 48.9 Å². The van der Waals surface area contributed by atoms with Gasteiger partial charge in [0.15, 0.2) is 4.73 Å². The predicted octanol–water partition coefficient (Wildman–Crippen LogP) is 2.50. The van der Waals surface area contributed by atoms with Gasteiger partial charge in [-0.3, -0.25) is 0 Å². The lowest BCUT2D eigenvalue weighted by Gasteiger charge is -1.99. The molecule has 0 aromatic carbocycles. The fourth-order valence-corrected chi connectivity index (χ4v) is 2.64. The Bertz CT molecular complexity index is 450. The minimum absolute atomic E-state index is 0.281. The summed E-state index contributed by atoms with van der Waals surface area (Å²) in [6.07, 6.45) is 0. The second-order valence-corrected chi connectivity index (χ2v) is 5.56. The molecule has 0 unspecified atom stereocenters. The van der Waals surface area contributed by atoms with E-state index >= 15 is 0 Å². The molecular weight excluding hydrogens is 332 g/mol. The number of anilines is 1. The number of hydrogen-bond donors (Lipinski definition) is 1. The van der Waals surface area contributed by atoms with Gasteiger partial charge in [-0.25, -0.2) is 4.68 Å². The molecule has 0 aliphatic carbocycles. The highest BCUT2D eigenvalue weighted by atomic mass is 79.9. The highest BCUT2D eigenvalue weighted by Crippen LogP contribution is 2.24. The Morgan fingerprint density at radius 3 is 2.79 bits per heavy atom. The molecule has 0 spiro atoms. The molecule has 0 bridgehead atoms. The molecule has 2 N–H and O–H groups in total. The number of nitrogen functional groups attached to an aromatic ring is 1. The van der Waals surface area contributed by atoms with E-state index in [4.69, 9.17) is 5.73 Å². The Morgan fingerprint density at radius 2 is 2.29 bits per heavy atom. The Hall–Kier alpha value is -0.400. The monoisotopic (exact) mass is 336 g/mol. The number of aromatic nitrogens is 3. The Labute approximate surface area is 101 Å². The van der Waals surface area contributed by atoms with E-state index in [9.17, 15) is 0 Å². The first-order chi connectivity index (χ1) is 6.66. The van der Waals surface area contributed by atoms with Crippen LogP contribution in [0.15, 0.2) is 20.0 Å². The van der Waals surface area contributed by atoms with Crippen molar-refractivity contribution in [2.24, 2.45) is 0 Å². The standard InChI is InChI=1S/C7H6Br2N4S/c8-5-4(1-2-14-5)3-13-6(9)11-7(10)12-13/h1-2H,3H2,(H2,10,12). The van der Waals surface area contributed by atoms with Crippen LogP contribution in [0.5, 0.6) is 0 Å². The average molecular weight is 338 g/mol. The van der Waals surface area contributed by atoms with Crippen molar-refractivity contribution in [1.82, 2.24) is 14.8 Å². The van der Waals surface area contributed by atoms with E-state index in [0.29, 0.717) is 11.3 Å². The molecule has 0 aliphatic rings. The second kappa shape index (κ2) is 4.00. The van der Waals surface area contributed by atoms with Gasteiger partial charge in [0.1, 0.15) is 0 Å². The van der Waals surface area contributed by atoms with Crippen LogP contribution in [-0.2, 0) is 6.54 Å². The Morgan fingerprint density at radius 1 is 1.50 bits per heavy atom. The van der Waals surface area contributed by atoms with Crippen LogP contribution in [0.3, 0.4) is 0 Å². The minimum Gasteiger partial charge on any atom is -0.366 e. The SMILES string of the molecule is Nc1nc(Br)n(Cc2ccsc2Br)n1. The van der Waals surface area contributed by atoms with E-state index in [2.05, 4.69) is 41.9 Å². The van der Waals surface area contributed by atoms with Gasteiger partial charge in [-0.1, -0.05) is 0 Å². The van der Waals surface area contributed by atoms with Crippen molar-refractivity contribution < 1.29 is 0 Å². The van der Waals surface area contributed by atoms with E-state index in [1.807, 2.05) is 11.4 Å². The largest absolute Gasteiger partial charge is 0.366 e. The molecule has 4 nitrogen and oxygen atoms in total. The maximum atomic E-state index is 5.46. The first-order valence-electron chi connectivity index (χ1n) is 3.74. The van der Waals surface area contributed by atoms with Crippen LogP contribution in [0.4, 0.5) is 5.95 Å². The minimum atomic E-state index is 0.281. The van der Waals surface area contributed by atoms with Crippen molar-refractivity contribution >= 4 is 49.1 Å². The van der Waals surface area contributed by atoms with Crippen LogP contribution in [-0.4, -0.2) is 14.8 Å². The molecule has 2 rings (SSSR count). The van der Waals surface area contributed by atoms with Crippen LogP contribution in [0.1, 0.15) is 5.56 Å². The van der Waals surface area contributed by atoms with E-state index in [1.165, 1.54) is 5.56 Å². The third-order valence-corrected chi connectivity index (χ3v) is 4.05. The first-order valence-corrected chi connectivity index (χ1v) is 6.21. The third-order valence-electron chi connectivity index (χ3n) is 1.66. The van der Waals surface area contributed by atoms with E-state index in [-0.39, 0.29) is 5.95 Å². The summed E-state index contributed by atoms with van der Waals surface area (Å²) in [6.45, 7) is 0.662. The van der Waals surface area contributed by atoms with Gasteiger partial charge in [0, 0.05) is 0 Å². The van der Waals surface area contributed by atoms with Gasteiger partial charge < -0.3 is 5.73 Å². The van der Waals surface area contributed by atoms with E-state index in [0.717, 1.165) is 3.79 Å². The molecule has 7 heteroatoms. The van der Waals surface area contributed by atoms with E-state index < -0.39 is 0 Å². The van der Waals surface area contributed by atoms with Crippen LogP contribution in [0, 0.1) is 0 Å². The normalized spacial score (nSPS) is 10.7. The molecule has 2 aromatic heterocycles. The maximum absolute atomic E-state index is 5.46. The molecule has 0 saturated heterocycles. The molecule has 2 heterocycles. The summed E-state index contributed by atoms with van der Waals surface area (Å²) >= 11 is 8.40. The molecule has 0 saturated carbocycles. The van der Waals surface area contributed by atoms with Crippen molar-refractivity contribution in [3.05, 3.63) is 25.5 Å². The molecule has 14 heavy (non-hydrogen) atoms. The maximum Gasteiger partial charge on any atom is 0.240 e. The number of thiophene rings is 1. The van der Waals surface area contributed by atoms with Crippen LogP contribution in [0.25, 0.3) is 0 Å². The summed E-state index contributed by atoms with van der Waals surface area (Å²) in [4.78, 5) is 3.96. The van der Waals surface area contributed by atoms with Gasteiger partial charge in [-0.15, -0.1) is 16.4 Å². The van der Waals surface area contributed by atoms with Crippen molar-refractivity contribution in [3.8, 4) is 0 Å². The van der Waals surface area contributed by atoms with E-state index in [1.54, 1.807) is 16.0 Å². The molecule has 0 aliphatic heterocycles. The lowest BCUT2D eigenvalue weighted by molar-refractivity contribution is 0.670. The van der Waals surface area contributed by atoms with Crippen molar-refractivity contribution in [1.29, 1.82) is 0 Å². The fourth-order valence-electron chi connectivity index (χ4n) is 1.03. The van der Waals surface area contributed by atoms with Gasteiger partial charge in [0.25, 0.3) is 0 Å². The quantitative estimate of drug-likeness (QED) is 0.916. The number of nitrogens with zero attached hydrogens (tertiary/aromatic N) is 3. The van der Waals surface area contributed by atoms with Crippen LogP contribution < -0.4 is 5.73 Å². The molecule has 0 radical (unpaired) electrons. The summed E-state index contributed by atoms with van der Waals surface area (Å²) in [5, 5.41) is 6.07. The highest BCUT2D eigenvalue weighted by molar-refractivity contribution is 9.11. The molecular formula is C7H6Br2N4S. The number of hydrogen-bond acceptors (Lipinski definition) is 4. The molecule has 0 fully saturated rings. The molecule has 2 aromatic rings. The Balaban J connectivity index is 2.27. The lowest BCUT2D eigenvalue weighted by atomic mass is 10.3. The summed E-state index contributed by atoms with van der Waals surface area (Å²) in [6, 6.07) is 2.04. The summed E-state index contributed by atoms with van der Waals surface area (Å²) in [5.41, 5.74) is 6.63. The third kappa shape index (κ3) is 1.99. The topological polar surface area (TPSA) is 56.7 Å². The Kier molecular flexibility index (Phi) is 2.89. The van der Waals surface area contributed by atoms with Crippen LogP contribution >= 0.6 is 43.2 Å². The average Bonchev–Trinajstić information content (AvgIpc) is 2.62. The molecule has 74 valence electrons. The summed E-state index contributed by atoms with van der Waals surface area (Å²) in [7, 11) is 0. The number of rotatable bonds is 2. The lowest BCUT2D eigenvalue weighted by Crippen LogP contribution is -2.02. The smallest absolute Gasteiger partial charge is 0.240 e. The summed E-state index contributed by atoms with van der Waals surface area (Å²) < 4.78 is 3.47. The zero-order valence-corrected chi connectivity index (χ0v) is 10.9. The van der Waals surface area contributed by atoms with Gasteiger partial charge in [0.05, 0.1) is 10.3 Å².